The highest BCUT2D eigenvalue weighted by Gasteiger charge is 2.19. The van der Waals surface area contributed by atoms with Crippen molar-refractivity contribution in [3.8, 4) is 11.3 Å². The number of nitrogens with one attached hydrogen (secondary N) is 1. The molecule has 0 atom stereocenters. The molecule has 10 heteroatoms. The van der Waals surface area contributed by atoms with Crippen LogP contribution in [-0.2, 0) is 11.2 Å². The Bertz CT molecular complexity index is 1180. The van der Waals surface area contributed by atoms with E-state index in [0.29, 0.717) is 30.3 Å². The second kappa shape index (κ2) is 8.29. The number of fused-ring (bicyclic) bond motifs is 1. The van der Waals surface area contributed by atoms with Gasteiger partial charge in [0.1, 0.15) is 28.6 Å². The second-order valence-corrected chi connectivity index (χ2v) is 6.66. The topological polar surface area (TPSA) is 133 Å². The highest BCUT2D eigenvalue weighted by molar-refractivity contribution is 6.01. The molecule has 4 heterocycles. The molecule has 0 aliphatic heterocycles. The number of imidazole rings is 1. The van der Waals surface area contributed by atoms with Gasteiger partial charge in [0.25, 0.3) is 5.91 Å². The van der Waals surface area contributed by atoms with Gasteiger partial charge in [0.2, 0.25) is 0 Å². The number of amides is 1. The van der Waals surface area contributed by atoms with Gasteiger partial charge in [0.15, 0.2) is 0 Å². The van der Waals surface area contributed by atoms with Crippen LogP contribution in [0.1, 0.15) is 28.4 Å². The summed E-state index contributed by atoms with van der Waals surface area (Å²) in [4.78, 5) is 29.1. The van der Waals surface area contributed by atoms with Gasteiger partial charge in [-0.25, -0.2) is 9.97 Å². The maximum absolute atomic E-state index is 12.4. The summed E-state index contributed by atoms with van der Waals surface area (Å²) >= 11 is 0. The molecule has 0 bridgehead atoms. The standard InChI is InChI=1S/C20H21N7O3/c1-12-18(21)24-16-6-5-13(11-27(12)16)17-15(4-3-9-29-2)30-20(25-17)26-19(28)14-10-22-7-8-23-14/h5-8,10-11H,3-4,9,21H2,1-2H3,(H,25,26,28). The molecular weight excluding hydrogens is 386 g/mol. The average Bonchev–Trinajstić information content (AvgIpc) is 3.29. The quantitative estimate of drug-likeness (QED) is 0.446. The highest BCUT2D eigenvalue weighted by atomic mass is 16.5. The lowest BCUT2D eigenvalue weighted by Crippen LogP contribution is -2.13. The second-order valence-electron chi connectivity index (χ2n) is 6.66. The van der Waals surface area contributed by atoms with Crippen LogP contribution < -0.4 is 11.1 Å². The van der Waals surface area contributed by atoms with Crippen molar-refractivity contribution in [2.24, 2.45) is 0 Å². The van der Waals surface area contributed by atoms with Crippen molar-refractivity contribution in [3.63, 3.8) is 0 Å². The number of nitrogens with two attached hydrogens (primary N) is 1. The summed E-state index contributed by atoms with van der Waals surface area (Å²) in [6.45, 7) is 2.48. The van der Waals surface area contributed by atoms with Crippen molar-refractivity contribution in [2.75, 3.05) is 24.8 Å². The van der Waals surface area contributed by atoms with Crippen molar-refractivity contribution in [1.82, 2.24) is 24.3 Å². The van der Waals surface area contributed by atoms with Gasteiger partial charge in [0, 0.05) is 44.3 Å². The first-order valence-corrected chi connectivity index (χ1v) is 9.37. The van der Waals surface area contributed by atoms with E-state index in [1.807, 2.05) is 29.7 Å². The first kappa shape index (κ1) is 19.5. The van der Waals surface area contributed by atoms with E-state index in [0.717, 1.165) is 23.3 Å². The van der Waals surface area contributed by atoms with Crippen LogP contribution in [0.3, 0.4) is 0 Å². The lowest BCUT2D eigenvalue weighted by Gasteiger charge is -2.03. The van der Waals surface area contributed by atoms with Gasteiger partial charge in [-0.05, 0) is 25.5 Å². The number of carbonyl (C=O) groups excluding carboxylic acids is 1. The molecule has 10 nitrogen and oxygen atoms in total. The Hall–Kier alpha value is -3.79. The maximum Gasteiger partial charge on any atom is 0.302 e. The molecule has 0 aromatic carbocycles. The molecule has 1 amide bonds. The summed E-state index contributed by atoms with van der Waals surface area (Å²) in [7, 11) is 1.65. The number of aromatic nitrogens is 5. The minimum absolute atomic E-state index is 0.0926. The van der Waals surface area contributed by atoms with E-state index in [2.05, 4.69) is 25.3 Å². The van der Waals surface area contributed by atoms with Crippen LogP contribution in [-0.4, -0.2) is 44.0 Å². The Kier molecular flexibility index (Phi) is 5.40. The summed E-state index contributed by atoms with van der Waals surface area (Å²) in [5, 5.41) is 2.64. The third-order valence-corrected chi connectivity index (χ3v) is 4.63. The van der Waals surface area contributed by atoms with E-state index >= 15 is 0 Å². The fourth-order valence-electron chi connectivity index (χ4n) is 3.08. The van der Waals surface area contributed by atoms with Crippen molar-refractivity contribution < 1.29 is 13.9 Å². The molecule has 4 aromatic rings. The minimum Gasteiger partial charge on any atom is -0.428 e. The summed E-state index contributed by atoms with van der Waals surface area (Å²) in [6, 6.07) is 3.85. The van der Waals surface area contributed by atoms with Crippen LogP contribution in [0.5, 0.6) is 0 Å². The minimum atomic E-state index is -0.451. The first-order chi connectivity index (χ1) is 14.6. The van der Waals surface area contributed by atoms with Crippen molar-refractivity contribution >= 4 is 23.4 Å². The molecule has 4 aromatic heterocycles. The van der Waals surface area contributed by atoms with Gasteiger partial charge in [0.05, 0.1) is 11.9 Å². The van der Waals surface area contributed by atoms with E-state index in [9.17, 15) is 4.79 Å². The van der Waals surface area contributed by atoms with Crippen LogP contribution in [0, 0.1) is 6.92 Å². The number of aryl methyl sites for hydroxylation is 2. The first-order valence-electron chi connectivity index (χ1n) is 9.37. The zero-order valence-electron chi connectivity index (χ0n) is 16.6. The number of oxazole rings is 1. The SMILES string of the molecule is COCCCc1oc(NC(=O)c2cnccn2)nc1-c1ccc2nc(N)c(C)n2c1. The maximum atomic E-state index is 12.4. The monoisotopic (exact) mass is 407 g/mol. The Balaban J connectivity index is 1.68. The molecule has 0 fully saturated rings. The van der Waals surface area contributed by atoms with Crippen LogP contribution in [0.15, 0.2) is 41.3 Å². The van der Waals surface area contributed by atoms with E-state index in [1.165, 1.54) is 18.6 Å². The third-order valence-electron chi connectivity index (χ3n) is 4.63. The van der Waals surface area contributed by atoms with E-state index in [1.54, 1.807) is 7.11 Å². The van der Waals surface area contributed by atoms with Gasteiger partial charge in [-0.15, -0.1) is 0 Å². The zero-order chi connectivity index (χ0) is 21.1. The fraction of sp³-hybridized carbons (Fsp3) is 0.250. The molecule has 0 spiro atoms. The summed E-state index contributed by atoms with van der Waals surface area (Å²) in [6.07, 6.45) is 7.56. The van der Waals surface area contributed by atoms with E-state index in [-0.39, 0.29) is 11.7 Å². The van der Waals surface area contributed by atoms with Crippen LogP contribution in [0.2, 0.25) is 0 Å². The third kappa shape index (κ3) is 3.85. The van der Waals surface area contributed by atoms with Crippen LogP contribution in [0.4, 0.5) is 11.8 Å². The van der Waals surface area contributed by atoms with Crippen molar-refractivity contribution in [2.45, 2.75) is 19.8 Å². The number of pyridine rings is 1. The summed E-state index contributed by atoms with van der Waals surface area (Å²) in [5.74, 6) is 0.671. The Morgan fingerprint density at radius 2 is 2.17 bits per heavy atom. The number of nitrogen functional groups attached to an aromatic ring is 1. The number of carbonyl (C=O) groups is 1. The molecule has 30 heavy (non-hydrogen) atoms. The van der Waals surface area contributed by atoms with E-state index in [4.69, 9.17) is 14.9 Å². The van der Waals surface area contributed by atoms with Crippen LogP contribution >= 0.6 is 0 Å². The molecule has 0 aliphatic rings. The van der Waals surface area contributed by atoms with Gasteiger partial charge in [-0.1, -0.05) is 0 Å². The summed E-state index contributed by atoms with van der Waals surface area (Å²) in [5.41, 5.74) is 9.14. The van der Waals surface area contributed by atoms with Gasteiger partial charge < -0.3 is 19.3 Å². The Morgan fingerprint density at radius 3 is 2.93 bits per heavy atom. The Labute approximate surface area is 172 Å². The van der Waals surface area contributed by atoms with Crippen LogP contribution in [0.25, 0.3) is 16.9 Å². The molecule has 0 unspecified atom stereocenters. The normalized spacial score (nSPS) is 11.1. The molecular formula is C20H21N7O3. The largest absolute Gasteiger partial charge is 0.428 e. The highest BCUT2D eigenvalue weighted by Crippen LogP contribution is 2.29. The number of ether oxygens (including phenoxy) is 1. The van der Waals surface area contributed by atoms with Gasteiger partial charge in [-0.2, -0.15) is 4.98 Å². The van der Waals surface area contributed by atoms with Gasteiger partial charge >= 0.3 is 6.01 Å². The number of hydrogen-bond donors (Lipinski definition) is 2. The molecule has 0 radical (unpaired) electrons. The summed E-state index contributed by atoms with van der Waals surface area (Å²) < 4.78 is 12.9. The number of nitrogens with zero attached hydrogens (tertiary/aromatic N) is 5. The van der Waals surface area contributed by atoms with E-state index < -0.39 is 5.91 Å². The molecule has 3 N–H and O–H groups in total. The smallest absolute Gasteiger partial charge is 0.302 e. The number of methoxy groups -OCH3 is 1. The lowest BCUT2D eigenvalue weighted by molar-refractivity contribution is 0.101. The molecule has 0 saturated carbocycles. The lowest BCUT2D eigenvalue weighted by atomic mass is 10.1. The molecule has 4 rings (SSSR count). The van der Waals surface area contributed by atoms with Gasteiger partial charge in [-0.3, -0.25) is 15.1 Å². The molecule has 0 saturated heterocycles. The molecule has 0 aliphatic carbocycles. The van der Waals surface area contributed by atoms with Crippen molar-refractivity contribution in [3.05, 3.63) is 54.1 Å². The zero-order valence-corrected chi connectivity index (χ0v) is 16.6. The van der Waals surface area contributed by atoms with Crippen molar-refractivity contribution in [1.29, 1.82) is 0 Å². The average molecular weight is 407 g/mol. The predicted octanol–water partition coefficient (Wildman–Crippen LogP) is 2.50. The number of anilines is 2. The number of rotatable bonds is 7. The predicted molar refractivity (Wildman–Crippen MR) is 110 cm³/mol. The fourth-order valence-corrected chi connectivity index (χ4v) is 3.08. The molecule has 154 valence electrons. The Morgan fingerprint density at radius 1 is 1.30 bits per heavy atom. The number of hydrogen-bond acceptors (Lipinski definition) is 8.